The summed E-state index contributed by atoms with van der Waals surface area (Å²) in [5, 5.41) is 47.7. The molecular weight excluding hydrogens is 564 g/mol. The van der Waals surface area contributed by atoms with Crippen molar-refractivity contribution in [3.63, 3.8) is 0 Å². The molecule has 1 heterocycles. The van der Waals surface area contributed by atoms with Crippen LogP contribution in [0.5, 0.6) is 0 Å². The molecule has 18 nitrogen and oxygen atoms in total. The number of piperazine rings is 1. The minimum atomic E-state index is -0.993. The molecule has 0 amide bonds. The molecule has 1 saturated heterocycles. The molecule has 0 radical (unpaired) electrons. The molecule has 3 rings (SSSR count). The molecular formula is C24H26N6O12. The van der Waals surface area contributed by atoms with E-state index in [0.29, 0.717) is 0 Å². The van der Waals surface area contributed by atoms with Crippen LogP contribution in [0.3, 0.4) is 0 Å². The lowest BCUT2D eigenvalue weighted by Crippen LogP contribution is -2.47. The van der Waals surface area contributed by atoms with Gasteiger partial charge in [0.25, 0.3) is 0 Å². The second-order valence-corrected chi connectivity index (χ2v) is 9.64. The van der Waals surface area contributed by atoms with E-state index in [1.54, 1.807) is 0 Å². The van der Waals surface area contributed by atoms with Crippen molar-refractivity contribution in [3.05, 3.63) is 75.8 Å². The normalized spacial score (nSPS) is 13.2. The SMILES string of the molecule is CC(C)OC(=O)c1cc([N+](=O)[O-])c(N2CCN(c3c([N+](=O)[O-])cc(C(=O)OC(C)C)cc3[N+](=O)[O-])CC2)c([N+](=O)[O-])c1. The highest BCUT2D eigenvalue weighted by Gasteiger charge is 2.38. The van der Waals surface area contributed by atoms with Crippen LogP contribution in [0.25, 0.3) is 0 Å². The molecule has 0 N–H and O–H groups in total. The second-order valence-electron chi connectivity index (χ2n) is 9.64. The third-order valence-corrected chi connectivity index (χ3v) is 6.00. The number of carbonyl (C=O) groups excluding carboxylic acids is 2. The van der Waals surface area contributed by atoms with Crippen LogP contribution in [0.2, 0.25) is 0 Å². The zero-order chi connectivity index (χ0) is 31.5. The maximum Gasteiger partial charge on any atom is 0.338 e. The zero-order valence-electron chi connectivity index (χ0n) is 22.9. The number of ether oxygens (including phenoxy) is 2. The highest BCUT2D eigenvalue weighted by Crippen LogP contribution is 2.42. The van der Waals surface area contributed by atoms with Gasteiger partial charge in [-0.2, -0.15) is 0 Å². The Balaban J connectivity index is 2.03. The van der Waals surface area contributed by atoms with Gasteiger partial charge in [-0.05, 0) is 27.7 Å². The first-order chi connectivity index (χ1) is 19.6. The number of hydrogen-bond donors (Lipinski definition) is 0. The summed E-state index contributed by atoms with van der Waals surface area (Å²) in [6.45, 7) is 5.43. The van der Waals surface area contributed by atoms with Crippen LogP contribution < -0.4 is 9.80 Å². The van der Waals surface area contributed by atoms with Crippen LogP contribution in [0, 0.1) is 40.5 Å². The lowest BCUT2D eigenvalue weighted by atomic mass is 10.1. The van der Waals surface area contributed by atoms with Crippen molar-refractivity contribution in [1.82, 2.24) is 0 Å². The molecule has 1 aliphatic rings. The van der Waals surface area contributed by atoms with Crippen LogP contribution >= 0.6 is 0 Å². The monoisotopic (exact) mass is 590 g/mol. The summed E-state index contributed by atoms with van der Waals surface area (Å²) in [5.41, 5.74) is -4.55. The van der Waals surface area contributed by atoms with Gasteiger partial charge < -0.3 is 19.3 Å². The second kappa shape index (κ2) is 12.4. The van der Waals surface area contributed by atoms with Crippen LogP contribution in [-0.2, 0) is 9.47 Å². The van der Waals surface area contributed by atoms with Gasteiger partial charge in [-0.1, -0.05) is 0 Å². The third-order valence-electron chi connectivity index (χ3n) is 6.00. The van der Waals surface area contributed by atoms with Gasteiger partial charge in [0.15, 0.2) is 11.4 Å². The zero-order valence-corrected chi connectivity index (χ0v) is 22.9. The first-order valence-electron chi connectivity index (χ1n) is 12.5. The van der Waals surface area contributed by atoms with Crippen LogP contribution in [0.4, 0.5) is 34.1 Å². The first-order valence-corrected chi connectivity index (χ1v) is 12.5. The molecule has 2 aromatic rings. The van der Waals surface area contributed by atoms with E-state index in [-0.39, 0.29) is 26.2 Å². The minimum absolute atomic E-state index is 0.178. The Labute approximate surface area is 237 Å². The summed E-state index contributed by atoms with van der Waals surface area (Å²) in [5.74, 6) is -1.99. The molecule has 0 bridgehead atoms. The molecule has 2 aromatic carbocycles. The predicted molar refractivity (Wildman–Crippen MR) is 145 cm³/mol. The fourth-order valence-corrected chi connectivity index (χ4v) is 4.37. The Hall–Kier alpha value is -5.42. The summed E-state index contributed by atoms with van der Waals surface area (Å²) < 4.78 is 10.0. The molecule has 0 spiro atoms. The number of benzene rings is 2. The maximum absolute atomic E-state index is 12.4. The van der Waals surface area contributed by atoms with E-state index >= 15 is 0 Å². The molecule has 1 aliphatic heterocycles. The van der Waals surface area contributed by atoms with E-state index in [4.69, 9.17) is 9.47 Å². The molecule has 42 heavy (non-hydrogen) atoms. The van der Waals surface area contributed by atoms with Gasteiger partial charge in [0.2, 0.25) is 0 Å². The van der Waals surface area contributed by atoms with Crippen molar-refractivity contribution in [2.45, 2.75) is 39.9 Å². The van der Waals surface area contributed by atoms with E-state index in [9.17, 15) is 50.0 Å². The van der Waals surface area contributed by atoms with Crippen molar-refractivity contribution < 1.29 is 38.8 Å². The van der Waals surface area contributed by atoms with Crippen molar-refractivity contribution in [2.24, 2.45) is 0 Å². The van der Waals surface area contributed by atoms with Gasteiger partial charge in [-0.3, -0.25) is 40.5 Å². The van der Waals surface area contributed by atoms with Gasteiger partial charge in [0.1, 0.15) is 0 Å². The summed E-state index contributed by atoms with van der Waals surface area (Å²) >= 11 is 0. The number of hydrogen-bond acceptors (Lipinski definition) is 14. The molecule has 0 atom stereocenters. The van der Waals surface area contributed by atoms with E-state index in [2.05, 4.69) is 0 Å². The van der Waals surface area contributed by atoms with E-state index in [1.807, 2.05) is 0 Å². The largest absolute Gasteiger partial charge is 0.459 e. The third kappa shape index (κ3) is 6.65. The van der Waals surface area contributed by atoms with Crippen LogP contribution in [-0.4, -0.2) is 70.0 Å². The molecule has 0 aromatic heterocycles. The number of nitro groups is 4. The lowest BCUT2D eigenvalue weighted by Gasteiger charge is -2.36. The highest BCUT2D eigenvalue weighted by atomic mass is 16.6. The maximum atomic E-state index is 12.4. The van der Waals surface area contributed by atoms with E-state index in [1.165, 1.54) is 37.5 Å². The van der Waals surface area contributed by atoms with Gasteiger partial charge in [0, 0.05) is 50.4 Å². The average molecular weight is 591 g/mol. The number of nitrogens with zero attached hydrogens (tertiary/aromatic N) is 6. The van der Waals surface area contributed by atoms with E-state index in [0.717, 1.165) is 24.3 Å². The summed E-state index contributed by atoms with van der Waals surface area (Å²) in [7, 11) is 0. The Morgan fingerprint density at radius 3 is 1.02 bits per heavy atom. The standard InChI is InChI=1S/C24H26N6O12/c1-13(2)41-23(31)15-9-17(27(33)34)21(18(10-15)28(35)36)25-5-7-26(8-6-25)22-19(29(37)38)11-16(12-20(22)30(39)40)24(32)42-14(3)4/h9-14H,5-8H2,1-4H3. The smallest absolute Gasteiger partial charge is 0.338 e. The molecule has 0 saturated carbocycles. The Bertz CT molecular complexity index is 1290. The predicted octanol–water partition coefficient (Wildman–Crippen LogP) is 3.78. The minimum Gasteiger partial charge on any atom is -0.459 e. The molecule has 1 fully saturated rings. The highest BCUT2D eigenvalue weighted by molar-refractivity contribution is 5.95. The fraction of sp³-hybridized carbons (Fsp3) is 0.417. The Morgan fingerprint density at radius 1 is 0.595 bits per heavy atom. The number of esters is 2. The number of carbonyl (C=O) groups is 2. The Morgan fingerprint density at radius 2 is 0.833 bits per heavy atom. The van der Waals surface area contributed by atoms with Crippen LogP contribution in [0.1, 0.15) is 48.4 Å². The lowest BCUT2D eigenvalue weighted by molar-refractivity contribution is -0.393. The van der Waals surface area contributed by atoms with Crippen molar-refractivity contribution in [1.29, 1.82) is 0 Å². The van der Waals surface area contributed by atoms with Gasteiger partial charge in [-0.15, -0.1) is 0 Å². The molecule has 0 aliphatic carbocycles. The average Bonchev–Trinajstić information content (AvgIpc) is 2.90. The Kier molecular flexibility index (Phi) is 9.18. The molecule has 224 valence electrons. The quantitative estimate of drug-likeness (QED) is 0.218. The summed E-state index contributed by atoms with van der Waals surface area (Å²) in [4.78, 5) is 71.4. The summed E-state index contributed by atoms with van der Waals surface area (Å²) in [6, 6.07) is 3.46. The van der Waals surface area contributed by atoms with Gasteiger partial charge >= 0.3 is 34.7 Å². The van der Waals surface area contributed by atoms with Gasteiger partial charge in [-0.25, -0.2) is 9.59 Å². The molecule has 0 unspecified atom stereocenters. The van der Waals surface area contributed by atoms with Crippen molar-refractivity contribution in [2.75, 3.05) is 36.0 Å². The van der Waals surface area contributed by atoms with E-state index < -0.39 is 89.1 Å². The summed E-state index contributed by atoms with van der Waals surface area (Å²) in [6.07, 6.45) is -1.18. The first kappa shape index (κ1) is 31.1. The van der Waals surface area contributed by atoms with Gasteiger partial charge in [0.05, 0.1) is 43.0 Å². The number of anilines is 2. The number of nitro benzene ring substituents is 4. The molecule has 18 heteroatoms. The van der Waals surface area contributed by atoms with Crippen molar-refractivity contribution >= 4 is 46.1 Å². The number of rotatable bonds is 10. The topological polar surface area (TPSA) is 232 Å². The van der Waals surface area contributed by atoms with Crippen LogP contribution in [0.15, 0.2) is 24.3 Å². The van der Waals surface area contributed by atoms with Crippen molar-refractivity contribution in [3.8, 4) is 0 Å². The fourth-order valence-electron chi connectivity index (χ4n) is 4.37.